The first kappa shape index (κ1) is 37.4. The lowest BCUT2D eigenvalue weighted by Crippen LogP contribution is -2.30. The van der Waals surface area contributed by atoms with E-state index < -0.39 is 0 Å². The molecule has 2 aromatic carbocycles. The first-order chi connectivity index (χ1) is 19.0. The molecule has 0 spiro atoms. The van der Waals surface area contributed by atoms with Crippen LogP contribution in [0.4, 0.5) is 22.7 Å². The quantitative estimate of drug-likeness (QED) is 0.190. The highest BCUT2D eigenvalue weighted by molar-refractivity contribution is 6.35. The van der Waals surface area contributed by atoms with Gasteiger partial charge in [-0.2, -0.15) is 0 Å². The molecule has 0 heterocycles. The van der Waals surface area contributed by atoms with E-state index >= 15 is 0 Å². The summed E-state index contributed by atoms with van der Waals surface area (Å²) >= 11 is 0. The van der Waals surface area contributed by atoms with Crippen LogP contribution in [0, 0.1) is 0 Å². The molecule has 0 aromatic heterocycles. The first-order valence-corrected chi connectivity index (χ1v) is 14.0. The van der Waals surface area contributed by atoms with Gasteiger partial charge >= 0.3 is 0 Å². The molecule has 2 aromatic rings. The molecule has 0 radical (unpaired) electrons. The zero-order valence-corrected chi connectivity index (χ0v) is 28.0. The van der Waals surface area contributed by atoms with Crippen LogP contribution in [0.3, 0.4) is 0 Å². The minimum Gasteiger partial charge on any atom is -0.383 e. The topological polar surface area (TPSA) is 95.2 Å². The number of nitrogens with zero attached hydrogens (tertiary/aromatic N) is 4. The van der Waals surface area contributed by atoms with Crippen molar-refractivity contribution in [1.82, 2.24) is 19.6 Å². The third kappa shape index (κ3) is 9.72. The Labute approximate surface area is 264 Å². The van der Waals surface area contributed by atoms with Crippen LogP contribution in [0.25, 0.3) is 0 Å². The van der Waals surface area contributed by atoms with Crippen molar-refractivity contribution in [1.29, 1.82) is 0 Å². The van der Waals surface area contributed by atoms with Crippen LogP contribution in [-0.2, 0) is 0 Å². The Morgan fingerprint density at radius 2 is 0.619 bits per heavy atom. The fourth-order valence-electron chi connectivity index (χ4n) is 4.64. The van der Waals surface area contributed by atoms with Gasteiger partial charge in [0.05, 0.1) is 22.3 Å². The highest BCUT2D eigenvalue weighted by Gasteiger charge is 2.37. The zero-order valence-electron chi connectivity index (χ0n) is 26.4. The molecule has 3 rings (SSSR count). The van der Waals surface area contributed by atoms with Crippen molar-refractivity contribution in [3.8, 4) is 0 Å². The van der Waals surface area contributed by atoms with Gasteiger partial charge in [-0.1, -0.05) is 0 Å². The van der Waals surface area contributed by atoms with Gasteiger partial charge in [-0.3, -0.25) is 9.59 Å². The second-order valence-corrected chi connectivity index (χ2v) is 11.4. The maximum absolute atomic E-state index is 14.4. The van der Waals surface area contributed by atoms with Gasteiger partial charge in [-0.25, -0.2) is 0 Å². The summed E-state index contributed by atoms with van der Waals surface area (Å²) in [6.07, 6.45) is 0. The lowest BCUT2D eigenvalue weighted by Gasteiger charge is -2.28. The number of fused-ring (bicyclic) bond motifs is 2. The molecule has 10 nitrogen and oxygen atoms in total. The van der Waals surface area contributed by atoms with Gasteiger partial charge in [0.25, 0.3) is 0 Å². The summed E-state index contributed by atoms with van der Waals surface area (Å²) in [6.45, 7) is 5.81. The van der Waals surface area contributed by atoms with Gasteiger partial charge in [0.1, 0.15) is 0 Å². The minimum atomic E-state index is -0.142. The number of carbonyl (C=O) groups is 2. The Balaban J connectivity index is 0.00000441. The number of carbonyl (C=O) groups excluding carboxylic acids is 2. The van der Waals surface area contributed by atoms with Crippen molar-refractivity contribution in [3.05, 3.63) is 46.5 Å². The van der Waals surface area contributed by atoms with Crippen LogP contribution in [0.1, 0.15) is 31.8 Å². The van der Waals surface area contributed by atoms with E-state index in [9.17, 15) is 9.59 Å². The van der Waals surface area contributed by atoms with E-state index in [0.717, 1.165) is 26.2 Å². The normalized spacial score (nSPS) is 12.2. The number of hydrogen-bond acceptors (Lipinski definition) is 10. The highest BCUT2D eigenvalue weighted by atomic mass is 35.5. The van der Waals surface area contributed by atoms with E-state index in [2.05, 4.69) is 40.9 Å². The average Bonchev–Trinajstić information content (AvgIpc) is 2.87. The third-order valence-corrected chi connectivity index (χ3v) is 6.82. The van der Waals surface area contributed by atoms with Gasteiger partial charge in [-0.05, 0) is 80.6 Å². The molecular formula is C30H50Cl2N8O2. The standard InChI is InChI=1S/C30H48N8O2.2ClH/c1-35(2)17-13-31-21-9-10-22(32-14-18-36(3)4)26-25(21)29(39)27-23(33-15-19-37(5)6)11-12-24(28(27)30(26)40)34-16-20-38(7)8;;/h9-12,31-34H,13-20H2,1-8H3;2*1H. The molecule has 0 saturated carbocycles. The third-order valence-electron chi connectivity index (χ3n) is 6.82. The van der Waals surface area contributed by atoms with Crippen LogP contribution < -0.4 is 21.3 Å². The number of nitrogens with one attached hydrogen (secondary N) is 4. The van der Waals surface area contributed by atoms with E-state index in [4.69, 9.17) is 0 Å². The fraction of sp³-hybridized carbons (Fsp3) is 0.533. The Hall–Kier alpha value is -2.60. The number of ketones is 2. The van der Waals surface area contributed by atoms with E-state index in [1.807, 2.05) is 80.6 Å². The highest BCUT2D eigenvalue weighted by Crippen LogP contribution is 2.41. The van der Waals surface area contributed by atoms with E-state index in [1.54, 1.807) is 0 Å². The molecular weight excluding hydrogens is 575 g/mol. The monoisotopic (exact) mass is 624 g/mol. The molecule has 0 saturated heterocycles. The van der Waals surface area contributed by atoms with Crippen molar-refractivity contribution >= 4 is 59.1 Å². The Bertz CT molecular complexity index is 1010. The summed E-state index contributed by atoms with van der Waals surface area (Å²) in [5.41, 5.74) is 4.49. The van der Waals surface area contributed by atoms with E-state index in [-0.39, 0.29) is 36.4 Å². The van der Waals surface area contributed by atoms with Gasteiger partial charge in [-0.15, -0.1) is 24.8 Å². The predicted molar refractivity (Wildman–Crippen MR) is 182 cm³/mol. The predicted octanol–water partition coefficient (Wildman–Crippen LogP) is 3.20. The molecule has 0 aliphatic heterocycles. The summed E-state index contributed by atoms with van der Waals surface area (Å²) in [7, 11) is 16.1. The van der Waals surface area contributed by atoms with Crippen LogP contribution in [0.15, 0.2) is 24.3 Å². The molecule has 1 aliphatic rings. The van der Waals surface area contributed by atoms with Gasteiger partial charge < -0.3 is 40.9 Å². The minimum absolute atomic E-state index is 0. The molecule has 12 heteroatoms. The van der Waals surface area contributed by atoms with Crippen LogP contribution in [0.5, 0.6) is 0 Å². The van der Waals surface area contributed by atoms with Crippen LogP contribution in [-0.4, -0.2) is 140 Å². The molecule has 0 bridgehead atoms. The van der Waals surface area contributed by atoms with E-state index in [1.165, 1.54) is 0 Å². The molecule has 0 fully saturated rings. The molecule has 0 amide bonds. The van der Waals surface area contributed by atoms with Crippen LogP contribution in [0.2, 0.25) is 0 Å². The van der Waals surface area contributed by atoms with Crippen molar-refractivity contribution in [2.45, 2.75) is 0 Å². The van der Waals surface area contributed by atoms with Gasteiger partial charge in [0, 0.05) is 75.1 Å². The summed E-state index contributed by atoms with van der Waals surface area (Å²) < 4.78 is 0. The van der Waals surface area contributed by atoms with Gasteiger partial charge in [0.2, 0.25) is 0 Å². The maximum atomic E-state index is 14.4. The van der Waals surface area contributed by atoms with Gasteiger partial charge in [0.15, 0.2) is 11.6 Å². The number of rotatable bonds is 16. The number of likely N-dealkylation sites (N-methyl/N-ethyl adjacent to an activating group) is 4. The average molecular weight is 626 g/mol. The van der Waals surface area contributed by atoms with Crippen molar-refractivity contribution in [3.63, 3.8) is 0 Å². The molecule has 42 heavy (non-hydrogen) atoms. The lowest BCUT2D eigenvalue weighted by atomic mass is 9.80. The number of anilines is 4. The largest absolute Gasteiger partial charge is 0.383 e. The fourth-order valence-corrected chi connectivity index (χ4v) is 4.64. The maximum Gasteiger partial charge on any atom is 0.198 e. The summed E-state index contributed by atoms with van der Waals surface area (Å²) in [5, 5.41) is 13.7. The van der Waals surface area contributed by atoms with Crippen molar-refractivity contribution < 1.29 is 9.59 Å². The molecule has 236 valence electrons. The Morgan fingerprint density at radius 3 is 0.786 bits per heavy atom. The Kier molecular flexibility index (Phi) is 15.6. The van der Waals surface area contributed by atoms with Crippen molar-refractivity contribution in [2.24, 2.45) is 0 Å². The molecule has 0 unspecified atom stereocenters. The molecule has 1 aliphatic carbocycles. The SMILES string of the molecule is CN(C)CCNc1ccc(NCCN(C)C)c2c1C(=O)c1c(NCCN(C)C)ccc(NCCN(C)C)c1C2=O.Cl.Cl. The molecule has 0 atom stereocenters. The summed E-state index contributed by atoms with van der Waals surface area (Å²) in [5.74, 6) is -0.284. The number of benzene rings is 2. The van der Waals surface area contributed by atoms with Crippen molar-refractivity contribution in [2.75, 3.05) is 130 Å². The second kappa shape index (κ2) is 17.5. The summed E-state index contributed by atoms with van der Waals surface area (Å²) in [4.78, 5) is 37.2. The summed E-state index contributed by atoms with van der Waals surface area (Å²) in [6, 6.07) is 7.67. The van der Waals surface area contributed by atoms with E-state index in [0.29, 0.717) is 71.2 Å². The second-order valence-electron chi connectivity index (χ2n) is 11.4. The Morgan fingerprint density at radius 1 is 0.429 bits per heavy atom. The lowest BCUT2D eigenvalue weighted by molar-refractivity contribution is 0.0981. The first-order valence-electron chi connectivity index (χ1n) is 14.0. The zero-order chi connectivity index (χ0) is 29.4. The number of hydrogen-bond donors (Lipinski definition) is 4. The molecule has 4 N–H and O–H groups in total. The number of halogens is 2. The smallest absolute Gasteiger partial charge is 0.198 e. The van der Waals surface area contributed by atoms with Crippen LogP contribution >= 0.6 is 24.8 Å².